The van der Waals surface area contributed by atoms with Gasteiger partial charge in [0, 0.05) is 49.2 Å². The van der Waals surface area contributed by atoms with Crippen molar-refractivity contribution in [1.82, 2.24) is 30.2 Å². The van der Waals surface area contributed by atoms with Gasteiger partial charge in [-0.05, 0) is 45.6 Å². The summed E-state index contributed by atoms with van der Waals surface area (Å²) in [5, 5.41) is 3.77. The SMILES string of the molecule is Cc1nc(N)cc(-c2nc3c4c(nc(OCC5(CN6CC7COCC(C6)C7(F)F)CC5)nc4c2F)N2C[C@H]4CC[C@H](N4)[C@H]2[C@H](C)O3)c1C(F)(F)F. The Balaban J connectivity index is 1.12. The predicted molar refractivity (Wildman–Crippen MR) is 172 cm³/mol. The van der Waals surface area contributed by atoms with E-state index in [1.54, 1.807) is 0 Å². The third-order valence-corrected chi connectivity index (χ3v) is 11.7. The number of alkyl halides is 5. The summed E-state index contributed by atoms with van der Waals surface area (Å²) in [5.41, 5.74) is 2.48. The average molecular weight is 721 g/mol. The third kappa shape index (κ3) is 5.43. The lowest BCUT2D eigenvalue weighted by molar-refractivity contribution is -0.218. The Morgan fingerprint density at radius 2 is 1.80 bits per heavy atom. The highest BCUT2D eigenvalue weighted by molar-refractivity contribution is 5.97. The van der Waals surface area contributed by atoms with E-state index in [0.717, 1.165) is 38.7 Å². The molecular weight excluding hydrogens is 682 g/mol. The molecule has 6 atom stereocenters. The summed E-state index contributed by atoms with van der Waals surface area (Å²) < 4.78 is 108. The number of aryl methyl sites for hydroxylation is 1. The fourth-order valence-corrected chi connectivity index (χ4v) is 9.08. The minimum Gasteiger partial charge on any atom is -0.472 e. The molecule has 0 radical (unpaired) electrons. The number of rotatable bonds is 6. The number of nitrogens with two attached hydrogens (primary N) is 1. The fourth-order valence-electron chi connectivity index (χ4n) is 9.08. The lowest BCUT2D eigenvalue weighted by atomic mass is 9.83. The van der Waals surface area contributed by atoms with Gasteiger partial charge in [0.15, 0.2) is 5.82 Å². The van der Waals surface area contributed by atoms with E-state index < -0.39 is 58.4 Å². The van der Waals surface area contributed by atoms with E-state index in [1.165, 1.54) is 0 Å². The number of aromatic nitrogens is 4. The molecule has 5 fully saturated rings. The van der Waals surface area contributed by atoms with E-state index >= 15 is 4.39 Å². The van der Waals surface area contributed by atoms with Crippen molar-refractivity contribution < 1.29 is 40.6 Å². The van der Waals surface area contributed by atoms with Gasteiger partial charge in [0.25, 0.3) is 5.92 Å². The molecule has 4 saturated heterocycles. The zero-order valence-corrected chi connectivity index (χ0v) is 28.1. The van der Waals surface area contributed by atoms with Crippen LogP contribution in [0, 0.1) is 30.0 Å². The number of pyridine rings is 2. The Morgan fingerprint density at radius 3 is 2.51 bits per heavy atom. The Labute approximate surface area is 289 Å². The number of ether oxygens (including phenoxy) is 3. The maximum atomic E-state index is 16.9. The van der Waals surface area contributed by atoms with Crippen LogP contribution in [0.5, 0.6) is 11.9 Å². The molecule has 11 nitrogen and oxygen atoms in total. The Hall–Kier alpha value is -3.70. The van der Waals surface area contributed by atoms with Crippen molar-refractivity contribution in [3.05, 3.63) is 23.1 Å². The number of fused-ring (bicyclic) bond motifs is 7. The summed E-state index contributed by atoms with van der Waals surface area (Å²) in [5.74, 6) is -5.58. The van der Waals surface area contributed by atoms with Crippen molar-refractivity contribution >= 4 is 22.5 Å². The fraction of sp³-hybridized carbons (Fsp3) is 0.647. The molecule has 0 amide bonds. The number of anilines is 2. The van der Waals surface area contributed by atoms with Crippen molar-refractivity contribution in [2.45, 2.75) is 75.9 Å². The monoisotopic (exact) mass is 720 g/mol. The second-order valence-corrected chi connectivity index (χ2v) is 15.3. The number of nitrogens with one attached hydrogen (secondary N) is 1. The summed E-state index contributed by atoms with van der Waals surface area (Å²) in [6, 6.07) is 0.763. The molecule has 9 rings (SSSR count). The molecule has 3 N–H and O–H groups in total. The number of piperazine rings is 1. The highest BCUT2D eigenvalue weighted by atomic mass is 19.4. The zero-order chi connectivity index (χ0) is 35.6. The molecule has 0 aromatic carbocycles. The molecular formula is C34H38F6N8O3. The van der Waals surface area contributed by atoms with Crippen LogP contribution in [-0.2, 0) is 10.9 Å². The van der Waals surface area contributed by atoms with E-state index in [4.69, 9.17) is 24.9 Å². The summed E-state index contributed by atoms with van der Waals surface area (Å²) >= 11 is 0. The molecule has 274 valence electrons. The standard InChI is InChI=1S/C34H38F6N8O3/c1-15-24(34(38,39)40)20(7-22(41)42-15)26-25(35)27-23-29(48-10-19-3-4-21(43-19)28(48)16(2)51-30(23)44-26)46-31(45-27)50-14-32(5-6-32)13-47-8-17-11-49-12-18(9-47)33(17,36)37/h7,16-19,21,28,43H,3-6,8-14H2,1-2H3,(H2,41,42)/t16-,17?,18?,19+,21-,28+/m0/s1. The number of halogens is 6. The number of nitrogen functional groups attached to an aromatic ring is 1. The first-order valence-electron chi connectivity index (χ1n) is 17.5. The van der Waals surface area contributed by atoms with Gasteiger partial charge < -0.3 is 35.1 Å². The molecule has 0 spiro atoms. The Morgan fingerprint density at radius 1 is 1.06 bits per heavy atom. The number of nitrogens with zero attached hydrogens (tertiary/aromatic N) is 6. The minimum atomic E-state index is -4.89. The first-order valence-corrected chi connectivity index (χ1v) is 17.5. The average Bonchev–Trinajstić information content (AvgIpc) is 3.73. The minimum absolute atomic E-state index is 0.0226. The predicted octanol–water partition coefficient (Wildman–Crippen LogP) is 4.60. The number of likely N-dealkylation sites (tertiary alicyclic amines) is 1. The highest BCUT2D eigenvalue weighted by Gasteiger charge is 2.56. The largest absolute Gasteiger partial charge is 0.472 e. The van der Waals surface area contributed by atoms with Crippen LogP contribution in [0.25, 0.3) is 22.2 Å². The highest BCUT2D eigenvalue weighted by Crippen LogP contribution is 2.50. The van der Waals surface area contributed by atoms with Gasteiger partial charge in [-0.15, -0.1) is 0 Å². The van der Waals surface area contributed by atoms with Gasteiger partial charge in [-0.25, -0.2) is 23.1 Å². The van der Waals surface area contributed by atoms with Gasteiger partial charge in [0.05, 0.1) is 49.0 Å². The first kappa shape index (κ1) is 33.2. The van der Waals surface area contributed by atoms with Crippen molar-refractivity contribution in [2.24, 2.45) is 17.3 Å². The lowest BCUT2D eigenvalue weighted by Crippen LogP contribution is -2.62. The second-order valence-electron chi connectivity index (χ2n) is 15.3. The molecule has 6 aliphatic rings. The van der Waals surface area contributed by atoms with Crippen molar-refractivity contribution in [1.29, 1.82) is 0 Å². The van der Waals surface area contributed by atoms with E-state index in [0.29, 0.717) is 18.9 Å². The van der Waals surface area contributed by atoms with E-state index in [1.807, 2.05) is 6.92 Å². The van der Waals surface area contributed by atoms with Gasteiger partial charge in [-0.2, -0.15) is 23.1 Å². The summed E-state index contributed by atoms with van der Waals surface area (Å²) in [6.45, 7) is 4.73. The van der Waals surface area contributed by atoms with Crippen molar-refractivity contribution in [3.63, 3.8) is 0 Å². The number of piperidine rings is 1. The van der Waals surface area contributed by atoms with Gasteiger partial charge in [0.1, 0.15) is 34.3 Å². The number of hydrogen-bond acceptors (Lipinski definition) is 11. The first-order chi connectivity index (χ1) is 24.2. The van der Waals surface area contributed by atoms with Crippen LogP contribution in [0.2, 0.25) is 0 Å². The molecule has 1 aliphatic carbocycles. The summed E-state index contributed by atoms with van der Waals surface area (Å²) in [6.07, 6.45) is -1.98. The molecule has 3 aromatic heterocycles. The normalized spacial score (nSPS) is 30.5. The third-order valence-electron chi connectivity index (χ3n) is 11.7. The van der Waals surface area contributed by atoms with Gasteiger partial charge in [-0.3, -0.25) is 0 Å². The van der Waals surface area contributed by atoms with Crippen LogP contribution in [0.4, 0.5) is 38.0 Å². The smallest absolute Gasteiger partial charge is 0.418 e. The second kappa shape index (κ2) is 11.4. The van der Waals surface area contributed by atoms with Crippen LogP contribution in [0.3, 0.4) is 0 Å². The van der Waals surface area contributed by atoms with Gasteiger partial charge in [-0.1, -0.05) is 0 Å². The van der Waals surface area contributed by atoms with Crippen molar-refractivity contribution in [2.75, 3.05) is 56.6 Å². The topological polar surface area (TPSA) is 124 Å². The van der Waals surface area contributed by atoms with Crippen LogP contribution in [0.15, 0.2) is 6.07 Å². The molecule has 1 saturated carbocycles. The zero-order valence-electron chi connectivity index (χ0n) is 28.1. The van der Waals surface area contributed by atoms with E-state index in [9.17, 15) is 22.0 Å². The molecule has 4 bridgehead atoms. The van der Waals surface area contributed by atoms with Crippen LogP contribution in [-0.4, -0.2) is 101 Å². The molecule has 17 heteroatoms. The molecule has 2 unspecified atom stereocenters. The molecule has 3 aromatic rings. The molecule has 8 heterocycles. The van der Waals surface area contributed by atoms with Crippen LogP contribution < -0.4 is 25.4 Å². The Kier molecular flexibility index (Phi) is 7.41. The lowest BCUT2D eigenvalue weighted by Gasteiger charge is -2.47. The van der Waals surface area contributed by atoms with Crippen LogP contribution >= 0.6 is 0 Å². The molecule has 5 aliphatic heterocycles. The quantitative estimate of drug-likeness (QED) is 0.348. The maximum absolute atomic E-state index is 16.9. The number of hydrogen-bond donors (Lipinski definition) is 2. The Bertz CT molecular complexity index is 1890. The summed E-state index contributed by atoms with van der Waals surface area (Å²) in [7, 11) is 0. The van der Waals surface area contributed by atoms with Crippen molar-refractivity contribution in [3.8, 4) is 23.1 Å². The molecule has 51 heavy (non-hydrogen) atoms. The van der Waals surface area contributed by atoms with Gasteiger partial charge in [0.2, 0.25) is 5.88 Å². The maximum Gasteiger partial charge on any atom is 0.418 e. The van der Waals surface area contributed by atoms with Crippen LogP contribution in [0.1, 0.15) is 43.9 Å². The summed E-state index contributed by atoms with van der Waals surface area (Å²) in [4.78, 5) is 21.6. The van der Waals surface area contributed by atoms with Gasteiger partial charge >= 0.3 is 12.2 Å². The van der Waals surface area contributed by atoms with E-state index in [-0.39, 0.29) is 85.1 Å². The van der Waals surface area contributed by atoms with E-state index in [2.05, 4.69) is 30.1 Å².